The summed E-state index contributed by atoms with van der Waals surface area (Å²) in [6.07, 6.45) is 2.87. The number of ether oxygens (including phenoxy) is 3. The van der Waals surface area contributed by atoms with E-state index in [9.17, 15) is 0 Å². The van der Waals surface area contributed by atoms with Crippen LogP contribution in [0.25, 0.3) is 10.3 Å². The Morgan fingerprint density at radius 1 is 1.06 bits per heavy atom. The molecule has 9 nitrogen and oxygen atoms in total. The van der Waals surface area contributed by atoms with Crippen molar-refractivity contribution in [3.63, 3.8) is 0 Å². The van der Waals surface area contributed by atoms with Crippen LogP contribution in [0.2, 0.25) is 10.3 Å². The number of nitrogens with two attached hydrogens (primary N) is 1. The topological polar surface area (TPSA) is 121 Å². The molecule has 3 aromatic rings. The van der Waals surface area contributed by atoms with Crippen LogP contribution in [0.5, 0.6) is 0 Å². The molecule has 3 heterocycles. The van der Waals surface area contributed by atoms with Gasteiger partial charge in [0.1, 0.15) is 27.5 Å². The molecule has 0 atom stereocenters. The van der Waals surface area contributed by atoms with E-state index in [0.717, 1.165) is 15.4 Å². The van der Waals surface area contributed by atoms with Gasteiger partial charge in [-0.1, -0.05) is 74.5 Å². The summed E-state index contributed by atoms with van der Waals surface area (Å²) in [5.41, 5.74) is 6.40. The quantitative estimate of drug-likeness (QED) is 0.255. The lowest BCUT2D eigenvalue weighted by Gasteiger charge is -2.32. The molecule has 0 amide bonds. The fourth-order valence-corrected chi connectivity index (χ4v) is 3.83. The molecule has 0 saturated carbocycles. The highest BCUT2D eigenvalue weighted by Crippen LogP contribution is 2.28. The van der Waals surface area contributed by atoms with Crippen LogP contribution in [-0.4, -0.2) is 52.2 Å². The first-order valence-electron chi connectivity index (χ1n) is 9.43. The Bertz CT molecular complexity index is 1030. The Kier molecular flexibility index (Phi) is 11.9. The van der Waals surface area contributed by atoms with Crippen molar-refractivity contribution in [1.82, 2.24) is 24.9 Å². The Morgan fingerprint density at radius 2 is 1.66 bits per heavy atom. The van der Waals surface area contributed by atoms with Gasteiger partial charge in [-0.2, -0.15) is 0 Å². The Morgan fingerprint density at radius 3 is 2.03 bits per heavy atom. The molecule has 32 heavy (non-hydrogen) atoms. The number of hydrogen-bond acceptors (Lipinski definition) is 10. The van der Waals surface area contributed by atoms with Gasteiger partial charge < -0.3 is 24.9 Å². The zero-order chi connectivity index (χ0) is 24.5. The maximum absolute atomic E-state index is 5.87. The van der Waals surface area contributed by atoms with E-state index in [-0.39, 0.29) is 5.92 Å². The van der Waals surface area contributed by atoms with Gasteiger partial charge in [0.2, 0.25) is 0 Å². The van der Waals surface area contributed by atoms with Crippen molar-refractivity contribution in [1.29, 1.82) is 0 Å². The van der Waals surface area contributed by atoms with Crippen molar-refractivity contribution in [2.24, 2.45) is 5.92 Å². The summed E-state index contributed by atoms with van der Waals surface area (Å²) in [7, 11) is 4.69. The molecule has 0 saturated heterocycles. The molecule has 0 radical (unpaired) electrons. The van der Waals surface area contributed by atoms with Gasteiger partial charge in [-0.05, 0) is 0 Å². The number of thiazole rings is 1. The third-order valence-corrected chi connectivity index (χ3v) is 6.24. The summed E-state index contributed by atoms with van der Waals surface area (Å²) in [6.45, 7) is 8.13. The lowest BCUT2D eigenvalue weighted by Crippen LogP contribution is -2.41. The summed E-state index contributed by atoms with van der Waals surface area (Å²) in [5.74, 6) is -0.289. The molecule has 3 N–H and O–H groups in total. The van der Waals surface area contributed by atoms with E-state index in [1.807, 2.05) is 13.8 Å². The average Bonchev–Trinajstić information content (AvgIpc) is 3.21. The van der Waals surface area contributed by atoms with Gasteiger partial charge >= 0.3 is 0 Å². The third kappa shape index (κ3) is 7.55. The van der Waals surface area contributed by atoms with Crippen molar-refractivity contribution >= 4 is 62.8 Å². The molecule has 13 heteroatoms. The van der Waals surface area contributed by atoms with Crippen LogP contribution in [-0.2, 0) is 14.2 Å². The van der Waals surface area contributed by atoms with E-state index >= 15 is 0 Å². The van der Waals surface area contributed by atoms with Gasteiger partial charge in [0.15, 0.2) is 9.79 Å². The first kappa shape index (κ1) is 28.6. The van der Waals surface area contributed by atoms with Crippen LogP contribution in [0, 0.1) is 10.6 Å². The van der Waals surface area contributed by atoms with Gasteiger partial charge in [-0.15, -0.1) is 0 Å². The summed E-state index contributed by atoms with van der Waals surface area (Å²) >= 11 is 17.7. The van der Waals surface area contributed by atoms with Crippen LogP contribution in [0.3, 0.4) is 0 Å². The number of fused-ring (bicyclic) bond motifs is 1. The zero-order valence-corrected chi connectivity index (χ0v) is 22.1. The fourth-order valence-electron chi connectivity index (χ4n) is 2.34. The van der Waals surface area contributed by atoms with Crippen LogP contribution in [0.15, 0.2) is 12.7 Å². The number of nitrogens with zero attached hydrogens (tertiary/aromatic N) is 4. The molecule has 0 unspecified atom stereocenters. The number of aromatic amines is 1. The van der Waals surface area contributed by atoms with E-state index in [1.54, 1.807) is 32.7 Å². The highest BCUT2D eigenvalue weighted by molar-refractivity contribution is 7.71. The molecule has 0 aliphatic carbocycles. The molecule has 3 aromatic heterocycles. The van der Waals surface area contributed by atoms with Crippen molar-refractivity contribution in [3.8, 4) is 0 Å². The summed E-state index contributed by atoms with van der Waals surface area (Å²) in [6, 6.07) is 0. The number of aromatic nitrogens is 5. The largest absolute Gasteiger partial charge is 0.394 e. The molecular weight excluding hydrogens is 495 g/mol. The molecule has 0 bridgehead atoms. The van der Waals surface area contributed by atoms with Crippen molar-refractivity contribution < 1.29 is 14.2 Å². The second kappa shape index (κ2) is 13.3. The smallest absolute Gasteiger partial charge is 0.284 e. The molecule has 0 aliphatic heterocycles. The van der Waals surface area contributed by atoms with Gasteiger partial charge in [-0.3, -0.25) is 0 Å². The lowest BCUT2D eigenvalue weighted by molar-refractivity contribution is -0.373. The summed E-state index contributed by atoms with van der Waals surface area (Å²) < 4.78 is 15.5. The number of rotatable bonds is 5. The van der Waals surface area contributed by atoms with Crippen LogP contribution < -0.4 is 5.73 Å². The van der Waals surface area contributed by atoms with Crippen molar-refractivity contribution in [2.45, 2.75) is 39.6 Å². The molecule has 0 spiro atoms. The molecule has 178 valence electrons. The van der Waals surface area contributed by atoms with Crippen LogP contribution in [0.4, 0.5) is 5.69 Å². The van der Waals surface area contributed by atoms with Crippen LogP contribution >= 0.6 is 46.8 Å². The first-order chi connectivity index (χ1) is 15.0. The highest BCUT2D eigenvalue weighted by Gasteiger charge is 2.33. The van der Waals surface area contributed by atoms with E-state index in [2.05, 4.69) is 38.8 Å². The van der Waals surface area contributed by atoms with Gasteiger partial charge in [0.05, 0.1) is 11.3 Å². The van der Waals surface area contributed by atoms with E-state index in [0.29, 0.717) is 26.6 Å². The first-order valence-corrected chi connectivity index (χ1v) is 11.4. The summed E-state index contributed by atoms with van der Waals surface area (Å²) in [4.78, 5) is 19.5. The van der Waals surface area contributed by atoms with Gasteiger partial charge in [-0.25, -0.2) is 19.9 Å². The van der Waals surface area contributed by atoms with Crippen molar-refractivity contribution in [2.75, 3.05) is 27.1 Å². The number of H-pyrrole nitrogens is 1. The predicted octanol–water partition coefficient (Wildman–Crippen LogP) is 5.47. The lowest BCUT2D eigenvalue weighted by atomic mass is 10.2. The number of hydrogen-bond donors (Lipinski definition) is 2. The Balaban J connectivity index is 0.000000246. The highest BCUT2D eigenvalue weighted by atomic mass is 35.5. The van der Waals surface area contributed by atoms with E-state index in [4.69, 9.17) is 55.4 Å². The van der Waals surface area contributed by atoms with E-state index < -0.39 is 5.97 Å². The second-order valence-electron chi connectivity index (χ2n) is 6.83. The number of nitrogens with one attached hydrogen (secondary N) is 1. The minimum atomic E-state index is -0.875. The minimum Gasteiger partial charge on any atom is -0.394 e. The Labute approximate surface area is 206 Å². The number of nitrogen functional groups attached to an aromatic ring is 1. The number of anilines is 1. The van der Waals surface area contributed by atoms with E-state index in [1.165, 1.54) is 12.7 Å². The fraction of sp³-hybridized carbons (Fsp3) is 0.526. The molecule has 3 rings (SSSR count). The molecule has 0 fully saturated rings. The summed E-state index contributed by atoms with van der Waals surface area (Å²) in [5, 5.41) is 1.83. The maximum atomic E-state index is 5.87. The van der Waals surface area contributed by atoms with Crippen LogP contribution in [0.1, 0.15) is 38.6 Å². The number of halogens is 2. The normalized spacial score (nSPS) is 11.2. The molecule has 0 aromatic carbocycles. The standard InChI is InChI=1S/C8H8ClN3S.C7H16O3.C4H4ClN3S/c1-4(2)7-12-5-6(9)10-3-11-8(5)13-7;1-6(2)7(8-3,9-4)10-5;5-3-2(6)4(9)8-1-7-3/h3-4H,1-2H3;6H,1-5H3;1H,6H2,(H,7,8,9). The van der Waals surface area contributed by atoms with Gasteiger partial charge in [0.25, 0.3) is 5.97 Å². The van der Waals surface area contributed by atoms with Crippen molar-refractivity contribution in [3.05, 3.63) is 32.6 Å². The number of methoxy groups -OCH3 is 3. The van der Waals surface area contributed by atoms with Gasteiger partial charge in [0, 0.05) is 33.2 Å². The zero-order valence-electron chi connectivity index (χ0n) is 19.0. The predicted molar refractivity (Wildman–Crippen MR) is 132 cm³/mol. The average molecular weight is 524 g/mol. The maximum Gasteiger partial charge on any atom is 0.284 e. The second-order valence-corrected chi connectivity index (χ2v) is 8.96. The molecule has 0 aliphatic rings. The minimum absolute atomic E-state index is 0.174. The SMILES string of the molecule is CC(C)c1nc2c(Cl)ncnc2s1.COC(OC)(OC)C(C)C.Nc1c(Cl)[nH]cnc1=S. The Hall–Kier alpha value is -1.47. The molecular formula is C19H28Cl2N6O3S2. The third-order valence-electron chi connectivity index (χ3n) is 4.06. The monoisotopic (exact) mass is 522 g/mol.